The van der Waals surface area contributed by atoms with E-state index >= 15 is 0 Å². The SMILES string of the molecule is CC1CN(Cc2cccc(C(=O)NN)n2)CC(C)N1C. The van der Waals surface area contributed by atoms with Crippen molar-refractivity contribution in [3.63, 3.8) is 0 Å². The van der Waals surface area contributed by atoms with E-state index in [4.69, 9.17) is 5.84 Å². The number of carbonyl (C=O) groups is 1. The first-order chi connectivity index (χ1) is 9.51. The van der Waals surface area contributed by atoms with E-state index in [1.807, 2.05) is 12.1 Å². The Hall–Kier alpha value is -1.50. The molecule has 20 heavy (non-hydrogen) atoms. The average molecular weight is 277 g/mol. The van der Waals surface area contributed by atoms with Crippen LogP contribution in [0.3, 0.4) is 0 Å². The number of nitrogen functional groups attached to an aromatic ring is 1. The van der Waals surface area contributed by atoms with E-state index in [1.54, 1.807) is 6.07 Å². The normalized spacial score (nSPS) is 24.6. The molecule has 2 rings (SSSR count). The summed E-state index contributed by atoms with van der Waals surface area (Å²) in [5.41, 5.74) is 3.37. The minimum absolute atomic E-state index is 0.355. The average Bonchev–Trinajstić information content (AvgIpc) is 2.44. The van der Waals surface area contributed by atoms with Gasteiger partial charge >= 0.3 is 0 Å². The van der Waals surface area contributed by atoms with Gasteiger partial charge in [0.05, 0.1) is 5.69 Å². The maximum Gasteiger partial charge on any atom is 0.283 e. The zero-order chi connectivity index (χ0) is 14.7. The topological polar surface area (TPSA) is 74.5 Å². The van der Waals surface area contributed by atoms with Crippen molar-refractivity contribution in [1.82, 2.24) is 20.2 Å². The highest BCUT2D eigenvalue weighted by atomic mass is 16.2. The number of likely N-dealkylation sites (N-methyl/N-ethyl adjacent to an activating group) is 1. The third-order valence-electron chi connectivity index (χ3n) is 3.99. The molecule has 0 radical (unpaired) electrons. The Kier molecular flexibility index (Phi) is 4.69. The predicted octanol–water partition coefficient (Wildman–Crippen LogP) is 0.210. The highest BCUT2D eigenvalue weighted by Gasteiger charge is 2.26. The minimum atomic E-state index is -0.355. The molecule has 0 saturated carbocycles. The van der Waals surface area contributed by atoms with E-state index in [0.717, 1.165) is 25.3 Å². The van der Waals surface area contributed by atoms with Gasteiger partial charge in [0.2, 0.25) is 0 Å². The zero-order valence-electron chi connectivity index (χ0n) is 12.3. The monoisotopic (exact) mass is 277 g/mol. The fourth-order valence-corrected chi connectivity index (χ4v) is 2.64. The molecule has 2 unspecified atom stereocenters. The van der Waals surface area contributed by atoms with E-state index in [0.29, 0.717) is 17.8 Å². The molecule has 1 aliphatic rings. The first-order valence-electron chi connectivity index (χ1n) is 6.92. The Morgan fingerprint density at radius 1 is 1.40 bits per heavy atom. The van der Waals surface area contributed by atoms with E-state index < -0.39 is 0 Å². The van der Waals surface area contributed by atoms with E-state index in [-0.39, 0.29) is 5.91 Å². The van der Waals surface area contributed by atoms with Crippen LogP contribution in [0.4, 0.5) is 0 Å². The summed E-state index contributed by atoms with van der Waals surface area (Å²) in [7, 11) is 2.16. The number of rotatable bonds is 3. The smallest absolute Gasteiger partial charge is 0.283 e. The Balaban J connectivity index is 2.05. The Labute approximate surface area is 119 Å². The largest absolute Gasteiger partial charge is 0.298 e. The summed E-state index contributed by atoms with van der Waals surface area (Å²) in [6.07, 6.45) is 0. The van der Waals surface area contributed by atoms with Crippen LogP contribution in [0.5, 0.6) is 0 Å². The lowest BCUT2D eigenvalue weighted by Gasteiger charge is -2.42. The third-order valence-corrected chi connectivity index (χ3v) is 3.99. The Bertz CT molecular complexity index is 466. The Morgan fingerprint density at radius 3 is 2.65 bits per heavy atom. The van der Waals surface area contributed by atoms with Crippen molar-refractivity contribution < 1.29 is 4.79 Å². The molecule has 1 aromatic rings. The minimum Gasteiger partial charge on any atom is -0.298 e. The van der Waals surface area contributed by atoms with Crippen molar-refractivity contribution in [2.24, 2.45) is 5.84 Å². The highest BCUT2D eigenvalue weighted by molar-refractivity contribution is 5.91. The quantitative estimate of drug-likeness (QED) is 0.469. The van der Waals surface area contributed by atoms with Gasteiger partial charge in [-0.25, -0.2) is 10.8 Å². The molecule has 6 heteroatoms. The molecule has 1 saturated heterocycles. The summed E-state index contributed by atoms with van der Waals surface area (Å²) < 4.78 is 0. The highest BCUT2D eigenvalue weighted by Crippen LogP contribution is 2.15. The van der Waals surface area contributed by atoms with E-state index in [2.05, 4.69) is 41.1 Å². The summed E-state index contributed by atoms with van der Waals surface area (Å²) in [4.78, 5) is 20.6. The lowest BCUT2D eigenvalue weighted by Crippen LogP contribution is -2.54. The summed E-state index contributed by atoms with van der Waals surface area (Å²) in [6.45, 7) is 7.24. The van der Waals surface area contributed by atoms with Crippen LogP contribution in [0.1, 0.15) is 30.0 Å². The predicted molar refractivity (Wildman–Crippen MR) is 77.9 cm³/mol. The molecule has 0 spiro atoms. The fourth-order valence-electron chi connectivity index (χ4n) is 2.64. The molecule has 1 aliphatic heterocycles. The van der Waals surface area contributed by atoms with Gasteiger partial charge in [0.1, 0.15) is 5.69 Å². The molecule has 1 fully saturated rings. The molecule has 2 heterocycles. The van der Waals surface area contributed by atoms with Gasteiger partial charge < -0.3 is 0 Å². The molecule has 110 valence electrons. The van der Waals surface area contributed by atoms with Crippen LogP contribution in [0.15, 0.2) is 18.2 Å². The molecular weight excluding hydrogens is 254 g/mol. The summed E-state index contributed by atoms with van der Waals surface area (Å²) in [6, 6.07) is 6.50. The number of nitrogens with one attached hydrogen (secondary N) is 1. The molecule has 1 amide bonds. The third kappa shape index (κ3) is 3.33. The second-order valence-corrected chi connectivity index (χ2v) is 5.55. The van der Waals surface area contributed by atoms with Crippen LogP contribution in [0.25, 0.3) is 0 Å². The number of nitrogens with zero attached hydrogens (tertiary/aromatic N) is 3. The zero-order valence-corrected chi connectivity index (χ0v) is 12.3. The molecule has 1 aromatic heterocycles. The number of hydrazine groups is 1. The first-order valence-corrected chi connectivity index (χ1v) is 6.92. The second-order valence-electron chi connectivity index (χ2n) is 5.55. The number of nitrogens with two attached hydrogens (primary N) is 1. The van der Waals surface area contributed by atoms with Gasteiger partial charge in [0, 0.05) is 31.7 Å². The van der Waals surface area contributed by atoms with Gasteiger partial charge in [-0.2, -0.15) is 0 Å². The number of hydrogen-bond acceptors (Lipinski definition) is 5. The van der Waals surface area contributed by atoms with Crippen LogP contribution in [-0.4, -0.2) is 52.9 Å². The molecule has 3 N–H and O–H groups in total. The molecule has 0 aromatic carbocycles. The number of hydrogen-bond donors (Lipinski definition) is 2. The van der Waals surface area contributed by atoms with Gasteiger partial charge in [0.15, 0.2) is 0 Å². The summed E-state index contributed by atoms with van der Waals surface area (Å²) in [5, 5.41) is 0. The van der Waals surface area contributed by atoms with Crippen molar-refractivity contribution in [1.29, 1.82) is 0 Å². The molecular formula is C14H23N5O. The molecule has 2 atom stereocenters. The van der Waals surface area contributed by atoms with Crippen LogP contribution < -0.4 is 11.3 Å². The van der Waals surface area contributed by atoms with Crippen LogP contribution in [-0.2, 0) is 6.54 Å². The summed E-state index contributed by atoms with van der Waals surface area (Å²) in [5.74, 6) is 4.78. The maximum atomic E-state index is 11.5. The summed E-state index contributed by atoms with van der Waals surface area (Å²) >= 11 is 0. The van der Waals surface area contributed by atoms with Gasteiger partial charge in [-0.05, 0) is 33.0 Å². The van der Waals surface area contributed by atoms with Gasteiger partial charge in [-0.3, -0.25) is 20.0 Å². The van der Waals surface area contributed by atoms with Crippen molar-refractivity contribution in [2.45, 2.75) is 32.5 Å². The number of piperazine rings is 1. The van der Waals surface area contributed by atoms with E-state index in [1.165, 1.54) is 0 Å². The van der Waals surface area contributed by atoms with Gasteiger partial charge in [-0.15, -0.1) is 0 Å². The maximum absolute atomic E-state index is 11.5. The first kappa shape index (κ1) is 14.9. The van der Waals surface area contributed by atoms with Crippen LogP contribution in [0, 0.1) is 0 Å². The van der Waals surface area contributed by atoms with Crippen LogP contribution >= 0.6 is 0 Å². The standard InChI is InChI=1S/C14H23N5O/c1-10-7-19(8-11(2)18(10)3)9-12-5-4-6-13(16-12)14(20)17-15/h4-6,10-11H,7-9,15H2,1-3H3,(H,17,20). The number of pyridine rings is 1. The molecule has 6 nitrogen and oxygen atoms in total. The van der Waals surface area contributed by atoms with Crippen molar-refractivity contribution >= 4 is 5.91 Å². The van der Waals surface area contributed by atoms with Crippen molar-refractivity contribution in [2.75, 3.05) is 20.1 Å². The molecule has 0 bridgehead atoms. The lowest BCUT2D eigenvalue weighted by atomic mass is 10.1. The second kappa shape index (κ2) is 6.30. The number of carbonyl (C=O) groups excluding carboxylic acids is 1. The van der Waals surface area contributed by atoms with Gasteiger partial charge in [-0.1, -0.05) is 6.07 Å². The van der Waals surface area contributed by atoms with Crippen molar-refractivity contribution in [3.8, 4) is 0 Å². The Morgan fingerprint density at radius 2 is 2.05 bits per heavy atom. The van der Waals surface area contributed by atoms with Gasteiger partial charge in [0.25, 0.3) is 5.91 Å². The molecule has 0 aliphatic carbocycles. The van der Waals surface area contributed by atoms with E-state index in [9.17, 15) is 4.79 Å². The number of aromatic nitrogens is 1. The lowest BCUT2D eigenvalue weighted by molar-refractivity contribution is 0.0548. The van der Waals surface area contributed by atoms with Crippen molar-refractivity contribution in [3.05, 3.63) is 29.6 Å². The number of amides is 1. The fraction of sp³-hybridized carbons (Fsp3) is 0.571. The van der Waals surface area contributed by atoms with Crippen LogP contribution in [0.2, 0.25) is 0 Å².